The van der Waals surface area contributed by atoms with Gasteiger partial charge in [-0.05, 0) is 17.9 Å². The van der Waals surface area contributed by atoms with E-state index in [1.807, 2.05) is 12.2 Å². The first kappa shape index (κ1) is 11.5. The first-order chi connectivity index (χ1) is 6.52. The highest BCUT2D eigenvalue weighted by molar-refractivity contribution is 5.27. The zero-order valence-corrected chi connectivity index (χ0v) is 9.45. The van der Waals surface area contributed by atoms with Gasteiger partial charge in [-0.15, -0.1) is 0 Å². The fourth-order valence-electron chi connectivity index (χ4n) is 1.73. The average molecular weight is 196 g/mol. The van der Waals surface area contributed by atoms with Crippen LogP contribution in [-0.4, -0.2) is 10.9 Å². The molecule has 0 aromatic carbocycles. The van der Waals surface area contributed by atoms with Crippen molar-refractivity contribution in [3.05, 3.63) is 23.8 Å². The van der Waals surface area contributed by atoms with Crippen molar-refractivity contribution in [2.75, 3.05) is 0 Å². The molecule has 1 aliphatic carbocycles. The zero-order valence-electron chi connectivity index (χ0n) is 9.45. The van der Waals surface area contributed by atoms with Crippen LogP contribution >= 0.6 is 0 Å². The van der Waals surface area contributed by atoms with Crippen LogP contribution < -0.4 is 0 Å². The third-order valence-corrected chi connectivity index (χ3v) is 3.06. The van der Waals surface area contributed by atoms with Crippen molar-refractivity contribution < 1.29 is 10.1 Å². The lowest BCUT2D eigenvalue weighted by molar-refractivity contribution is -0.319. The van der Waals surface area contributed by atoms with Crippen LogP contribution in [0.1, 0.15) is 34.1 Å². The molecule has 1 unspecified atom stereocenters. The lowest BCUT2D eigenvalue weighted by Crippen LogP contribution is -2.37. The Labute approximate surface area is 86.2 Å². The molecular weight excluding hydrogens is 176 g/mol. The summed E-state index contributed by atoms with van der Waals surface area (Å²) in [5.41, 5.74) is 0.809. The summed E-state index contributed by atoms with van der Waals surface area (Å²) in [4.78, 5) is 4.69. The summed E-state index contributed by atoms with van der Waals surface area (Å²) in [7, 11) is 0. The van der Waals surface area contributed by atoms with Crippen molar-refractivity contribution in [1.82, 2.24) is 0 Å². The van der Waals surface area contributed by atoms with Crippen LogP contribution in [0.2, 0.25) is 0 Å². The third kappa shape index (κ3) is 2.07. The van der Waals surface area contributed by atoms with Crippen LogP contribution in [0, 0.1) is 11.8 Å². The van der Waals surface area contributed by atoms with Crippen molar-refractivity contribution >= 4 is 0 Å². The number of hydrogen-bond donors (Lipinski definition) is 1. The Morgan fingerprint density at radius 3 is 2.43 bits per heavy atom. The second-order valence-corrected chi connectivity index (χ2v) is 4.63. The second kappa shape index (κ2) is 4.28. The van der Waals surface area contributed by atoms with E-state index >= 15 is 0 Å². The Bertz CT molecular complexity index is 251. The summed E-state index contributed by atoms with van der Waals surface area (Å²) >= 11 is 0. The molecule has 0 heterocycles. The molecule has 0 bridgehead atoms. The maximum atomic E-state index is 9.03. The minimum Gasteiger partial charge on any atom is -0.251 e. The normalized spacial score (nSPS) is 27.2. The van der Waals surface area contributed by atoms with Gasteiger partial charge in [0, 0.05) is 6.42 Å². The Hall–Kier alpha value is -0.600. The van der Waals surface area contributed by atoms with E-state index < -0.39 is 5.60 Å². The summed E-state index contributed by atoms with van der Waals surface area (Å²) < 4.78 is 0. The first-order valence-corrected chi connectivity index (χ1v) is 5.22. The molecule has 80 valence electrons. The Kier molecular flexibility index (Phi) is 3.51. The van der Waals surface area contributed by atoms with E-state index in [2.05, 4.69) is 33.8 Å². The van der Waals surface area contributed by atoms with Gasteiger partial charge in [-0.3, -0.25) is 5.26 Å². The molecule has 0 aliphatic heterocycles. The standard InChI is InChI=1S/C12H20O2/c1-9(2)11-6-5-7-12(8-11,14-13)10(3)4/h5-7,9-10,13H,8H2,1-4H3. The van der Waals surface area contributed by atoms with Gasteiger partial charge >= 0.3 is 0 Å². The van der Waals surface area contributed by atoms with Crippen LogP contribution in [0.5, 0.6) is 0 Å². The van der Waals surface area contributed by atoms with Gasteiger partial charge in [0.15, 0.2) is 0 Å². The highest BCUT2D eigenvalue weighted by Crippen LogP contribution is 2.35. The smallest absolute Gasteiger partial charge is 0.128 e. The highest BCUT2D eigenvalue weighted by atomic mass is 17.1. The fraction of sp³-hybridized carbons (Fsp3) is 0.667. The van der Waals surface area contributed by atoms with Gasteiger partial charge < -0.3 is 0 Å². The van der Waals surface area contributed by atoms with Gasteiger partial charge in [0.1, 0.15) is 5.60 Å². The SMILES string of the molecule is CC(C)C1=CC=CC(OO)(C(C)C)C1. The molecule has 0 radical (unpaired) electrons. The molecule has 1 rings (SSSR count). The van der Waals surface area contributed by atoms with E-state index in [1.165, 1.54) is 5.57 Å². The molecule has 0 aromatic heterocycles. The summed E-state index contributed by atoms with van der Waals surface area (Å²) in [6.45, 7) is 8.44. The molecular formula is C12H20O2. The molecule has 2 nitrogen and oxygen atoms in total. The largest absolute Gasteiger partial charge is 0.251 e. The summed E-state index contributed by atoms with van der Waals surface area (Å²) in [5, 5.41) is 9.03. The lowest BCUT2D eigenvalue weighted by atomic mass is 9.78. The molecule has 1 aliphatic rings. The quantitative estimate of drug-likeness (QED) is 0.553. The first-order valence-electron chi connectivity index (χ1n) is 5.22. The number of hydrogen-bond acceptors (Lipinski definition) is 2. The molecule has 0 saturated heterocycles. The Morgan fingerprint density at radius 2 is 2.00 bits per heavy atom. The van der Waals surface area contributed by atoms with Gasteiger partial charge in [0.25, 0.3) is 0 Å². The van der Waals surface area contributed by atoms with E-state index in [0.29, 0.717) is 5.92 Å². The van der Waals surface area contributed by atoms with Crippen LogP contribution in [0.15, 0.2) is 23.8 Å². The third-order valence-electron chi connectivity index (χ3n) is 3.06. The van der Waals surface area contributed by atoms with Gasteiger partial charge in [-0.2, -0.15) is 0 Å². The fourth-order valence-corrected chi connectivity index (χ4v) is 1.73. The molecule has 1 atom stereocenters. The minimum absolute atomic E-state index is 0.270. The highest BCUT2D eigenvalue weighted by Gasteiger charge is 2.35. The molecule has 1 N–H and O–H groups in total. The number of allylic oxidation sites excluding steroid dienone is 2. The zero-order chi connectivity index (χ0) is 10.8. The summed E-state index contributed by atoms with van der Waals surface area (Å²) in [5.74, 6) is 0.777. The van der Waals surface area contributed by atoms with Crippen LogP contribution in [-0.2, 0) is 4.89 Å². The molecule has 0 fully saturated rings. The predicted octanol–water partition coefficient (Wildman–Crippen LogP) is 3.41. The van der Waals surface area contributed by atoms with E-state index in [4.69, 9.17) is 10.1 Å². The minimum atomic E-state index is -0.519. The molecule has 0 amide bonds. The second-order valence-electron chi connectivity index (χ2n) is 4.63. The van der Waals surface area contributed by atoms with E-state index in [1.54, 1.807) is 0 Å². The Balaban J connectivity index is 2.87. The molecule has 14 heavy (non-hydrogen) atoms. The van der Waals surface area contributed by atoms with Gasteiger partial charge in [0.2, 0.25) is 0 Å². The Morgan fingerprint density at radius 1 is 1.36 bits per heavy atom. The van der Waals surface area contributed by atoms with Crippen molar-refractivity contribution in [2.24, 2.45) is 11.8 Å². The van der Waals surface area contributed by atoms with Crippen LogP contribution in [0.25, 0.3) is 0 Å². The lowest BCUT2D eigenvalue weighted by Gasteiger charge is -2.35. The summed E-state index contributed by atoms with van der Waals surface area (Å²) in [6.07, 6.45) is 6.83. The van der Waals surface area contributed by atoms with E-state index in [0.717, 1.165) is 6.42 Å². The van der Waals surface area contributed by atoms with Crippen molar-refractivity contribution in [1.29, 1.82) is 0 Å². The van der Waals surface area contributed by atoms with Gasteiger partial charge in [-0.1, -0.05) is 45.4 Å². The van der Waals surface area contributed by atoms with Gasteiger partial charge in [0.05, 0.1) is 0 Å². The maximum absolute atomic E-state index is 9.03. The van der Waals surface area contributed by atoms with Crippen molar-refractivity contribution in [3.8, 4) is 0 Å². The monoisotopic (exact) mass is 196 g/mol. The van der Waals surface area contributed by atoms with E-state index in [-0.39, 0.29) is 5.92 Å². The molecule has 2 heteroatoms. The number of rotatable bonds is 3. The average Bonchev–Trinajstić information content (AvgIpc) is 2.17. The molecule has 0 saturated carbocycles. The van der Waals surface area contributed by atoms with Crippen LogP contribution in [0.3, 0.4) is 0 Å². The maximum Gasteiger partial charge on any atom is 0.128 e. The molecule has 0 aromatic rings. The van der Waals surface area contributed by atoms with Gasteiger partial charge in [-0.25, -0.2) is 4.89 Å². The van der Waals surface area contributed by atoms with Crippen LogP contribution in [0.4, 0.5) is 0 Å². The van der Waals surface area contributed by atoms with E-state index in [9.17, 15) is 0 Å². The van der Waals surface area contributed by atoms with Crippen molar-refractivity contribution in [2.45, 2.75) is 39.7 Å². The summed E-state index contributed by atoms with van der Waals surface area (Å²) in [6, 6.07) is 0. The van der Waals surface area contributed by atoms with Crippen molar-refractivity contribution in [3.63, 3.8) is 0 Å². The topological polar surface area (TPSA) is 29.5 Å². The predicted molar refractivity (Wildman–Crippen MR) is 58.0 cm³/mol. The molecule has 0 spiro atoms.